The van der Waals surface area contributed by atoms with Crippen molar-refractivity contribution in [1.29, 1.82) is 0 Å². The maximum absolute atomic E-state index is 13.1. The van der Waals surface area contributed by atoms with Gasteiger partial charge in [-0.1, -0.05) is 36.2 Å². The monoisotopic (exact) mass is 480 g/mol. The van der Waals surface area contributed by atoms with Crippen LogP contribution in [0.4, 0.5) is 0 Å². The fourth-order valence-electron chi connectivity index (χ4n) is 3.06. The summed E-state index contributed by atoms with van der Waals surface area (Å²) < 4.78 is 10.8. The first kappa shape index (κ1) is 25.8. The summed E-state index contributed by atoms with van der Waals surface area (Å²) in [6.45, 7) is 4.75. The third-order valence-corrected chi connectivity index (χ3v) is 5.68. The molecule has 174 valence electrons. The van der Waals surface area contributed by atoms with Gasteiger partial charge >= 0.3 is 0 Å². The van der Waals surface area contributed by atoms with E-state index in [9.17, 15) is 9.59 Å². The van der Waals surface area contributed by atoms with Gasteiger partial charge < -0.3 is 19.7 Å². The molecule has 0 aromatic heterocycles. The van der Waals surface area contributed by atoms with E-state index < -0.39 is 6.04 Å². The van der Waals surface area contributed by atoms with Crippen LogP contribution in [0, 0.1) is 0 Å². The first-order valence-electron chi connectivity index (χ1n) is 10.6. The number of methoxy groups -OCH3 is 1. The van der Waals surface area contributed by atoms with E-state index in [0.29, 0.717) is 40.9 Å². The lowest BCUT2D eigenvalue weighted by molar-refractivity contribution is -0.140. The third kappa shape index (κ3) is 7.61. The largest absolute Gasteiger partial charge is 0.497 e. The number of nitrogens with one attached hydrogen (secondary N) is 1. The number of hydrogen-bond donors (Lipinski definition) is 1. The number of halogens is 2. The zero-order valence-electron chi connectivity index (χ0n) is 18.7. The molecule has 0 aliphatic carbocycles. The molecule has 0 aliphatic rings. The summed E-state index contributed by atoms with van der Waals surface area (Å²) in [5, 5.41) is 3.76. The molecule has 1 N–H and O–H groups in total. The highest BCUT2D eigenvalue weighted by atomic mass is 35.5. The molecule has 8 heteroatoms. The summed E-state index contributed by atoms with van der Waals surface area (Å²) >= 11 is 12.6. The Balaban J connectivity index is 2.02. The minimum atomic E-state index is -0.663. The van der Waals surface area contributed by atoms with Gasteiger partial charge in [0.05, 0.1) is 13.7 Å². The molecule has 2 amide bonds. The van der Waals surface area contributed by atoms with E-state index >= 15 is 0 Å². The van der Waals surface area contributed by atoms with Crippen LogP contribution in [0.2, 0.25) is 10.0 Å². The number of rotatable bonds is 12. The van der Waals surface area contributed by atoms with E-state index in [2.05, 4.69) is 5.32 Å². The van der Waals surface area contributed by atoms with Gasteiger partial charge in [-0.25, -0.2) is 0 Å². The molecule has 0 aliphatic heterocycles. The van der Waals surface area contributed by atoms with Crippen molar-refractivity contribution in [3.8, 4) is 11.5 Å². The van der Waals surface area contributed by atoms with E-state index in [4.69, 9.17) is 32.7 Å². The van der Waals surface area contributed by atoms with Gasteiger partial charge in [0.25, 0.3) is 0 Å². The van der Waals surface area contributed by atoms with Crippen LogP contribution in [0.1, 0.15) is 38.7 Å². The Morgan fingerprint density at radius 1 is 1.06 bits per heavy atom. The van der Waals surface area contributed by atoms with Crippen LogP contribution in [-0.4, -0.2) is 43.0 Å². The van der Waals surface area contributed by atoms with Gasteiger partial charge in [-0.2, -0.15) is 0 Å². The van der Waals surface area contributed by atoms with Gasteiger partial charge in [0.15, 0.2) is 0 Å². The first-order chi connectivity index (χ1) is 15.4. The quantitative estimate of drug-likeness (QED) is 0.428. The fraction of sp³-hybridized carbons (Fsp3) is 0.417. The Labute approximate surface area is 199 Å². The molecule has 0 radical (unpaired) electrons. The maximum Gasteiger partial charge on any atom is 0.242 e. The minimum absolute atomic E-state index is 0.150. The number of nitrogens with zero attached hydrogens (tertiary/aromatic N) is 1. The van der Waals surface area contributed by atoms with Crippen molar-refractivity contribution in [2.45, 2.75) is 45.7 Å². The van der Waals surface area contributed by atoms with Crippen molar-refractivity contribution in [3.05, 3.63) is 58.1 Å². The average Bonchev–Trinajstić information content (AvgIpc) is 2.80. The lowest BCUT2D eigenvalue weighted by Crippen LogP contribution is -2.47. The molecular formula is C24H30Cl2N2O4. The lowest BCUT2D eigenvalue weighted by atomic mass is 10.1. The molecule has 2 aromatic rings. The molecule has 0 unspecified atom stereocenters. The highest BCUT2D eigenvalue weighted by Gasteiger charge is 2.27. The fourth-order valence-corrected chi connectivity index (χ4v) is 3.58. The summed E-state index contributed by atoms with van der Waals surface area (Å²) in [7, 11) is 1.60. The molecule has 1 atom stereocenters. The van der Waals surface area contributed by atoms with Crippen LogP contribution >= 0.6 is 23.2 Å². The smallest absolute Gasteiger partial charge is 0.242 e. The number of ether oxygens (including phenoxy) is 2. The van der Waals surface area contributed by atoms with Crippen LogP contribution < -0.4 is 14.8 Å². The van der Waals surface area contributed by atoms with Crippen molar-refractivity contribution in [3.63, 3.8) is 0 Å². The van der Waals surface area contributed by atoms with Crippen molar-refractivity contribution < 1.29 is 19.1 Å². The summed E-state index contributed by atoms with van der Waals surface area (Å²) in [4.78, 5) is 27.2. The number of carbonyl (C=O) groups is 2. The van der Waals surface area contributed by atoms with Gasteiger partial charge in [-0.05, 0) is 56.2 Å². The van der Waals surface area contributed by atoms with Crippen molar-refractivity contribution in [1.82, 2.24) is 10.2 Å². The maximum atomic E-state index is 13.1. The Bertz CT molecular complexity index is 870. The predicted molar refractivity (Wildman–Crippen MR) is 127 cm³/mol. The van der Waals surface area contributed by atoms with Crippen LogP contribution in [-0.2, 0) is 16.1 Å². The van der Waals surface area contributed by atoms with Gasteiger partial charge in [-0.3, -0.25) is 9.59 Å². The second-order valence-corrected chi connectivity index (χ2v) is 8.13. The molecule has 6 nitrogen and oxygen atoms in total. The standard InChI is InChI=1S/C24H30Cl2N2O4/c1-4-14-27-24(30)17(2)28(16-20-21(25)7-5-8-22(20)26)23(29)9-6-15-32-19-12-10-18(31-3)11-13-19/h5,7-8,10-13,17H,4,6,9,14-16H2,1-3H3,(H,27,30)/t17-/m1/s1. The van der Waals surface area contributed by atoms with Gasteiger partial charge in [0, 0.05) is 35.1 Å². The molecule has 0 heterocycles. The normalized spacial score (nSPS) is 11.5. The average molecular weight is 481 g/mol. The van der Waals surface area contributed by atoms with Crippen LogP contribution in [0.3, 0.4) is 0 Å². The lowest BCUT2D eigenvalue weighted by Gasteiger charge is -2.29. The van der Waals surface area contributed by atoms with Crippen LogP contribution in [0.5, 0.6) is 11.5 Å². The van der Waals surface area contributed by atoms with Crippen molar-refractivity contribution in [2.24, 2.45) is 0 Å². The molecule has 32 heavy (non-hydrogen) atoms. The Morgan fingerprint density at radius 2 is 1.69 bits per heavy atom. The Hall–Kier alpha value is -2.44. The molecule has 0 spiro atoms. The van der Waals surface area contributed by atoms with E-state index in [1.54, 1.807) is 32.2 Å². The third-order valence-electron chi connectivity index (χ3n) is 4.97. The number of amides is 2. The van der Waals surface area contributed by atoms with Crippen LogP contribution in [0.25, 0.3) is 0 Å². The summed E-state index contributed by atoms with van der Waals surface area (Å²) in [5.41, 5.74) is 0.619. The molecule has 0 saturated heterocycles. The molecule has 0 bridgehead atoms. The SMILES string of the molecule is CCCNC(=O)[C@@H](C)N(Cc1c(Cl)cccc1Cl)C(=O)CCCOc1ccc(OC)cc1. The van der Waals surface area contributed by atoms with Crippen molar-refractivity contribution >= 4 is 35.0 Å². The summed E-state index contributed by atoms with van der Waals surface area (Å²) in [6, 6.07) is 11.8. The minimum Gasteiger partial charge on any atom is -0.497 e. The van der Waals surface area contributed by atoms with Crippen LogP contribution in [0.15, 0.2) is 42.5 Å². The molecular weight excluding hydrogens is 451 g/mol. The van der Waals surface area contributed by atoms with E-state index in [0.717, 1.165) is 12.2 Å². The Kier molecular flexibility index (Phi) is 10.6. The molecule has 2 aromatic carbocycles. The second kappa shape index (κ2) is 13.2. The highest BCUT2D eigenvalue weighted by Crippen LogP contribution is 2.27. The van der Waals surface area contributed by atoms with Crippen molar-refractivity contribution in [2.75, 3.05) is 20.3 Å². The number of carbonyl (C=O) groups excluding carboxylic acids is 2. The van der Waals surface area contributed by atoms with Gasteiger partial charge in [0.2, 0.25) is 11.8 Å². The first-order valence-corrected chi connectivity index (χ1v) is 11.4. The van der Waals surface area contributed by atoms with Gasteiger partial charge in [-0.15, -0.1) is 0 Å². The predicted octanol–water partition coefficient (Wildman–Crippen LogP) is 5.10. The molecule has 0 fully saturated rings. The van der Waals surface area contributed by atoms with E-state index in [1.807, 2.05) is 31.2 Å². The van der Waals surface area contributed by atoms with E-state index in [1.165, 1.54) is 4.90 Å². The Morgan fingerprint density at radius 3 is 2.28 bits per heavy atom. The van der Waals surface area contributed by atoms with E-state index in [-0.39, 0.29) is 24.8 Å². The zero-order valence-corrected chi connectivity index (χ0v) is 20.2. The molecule has 0 saturated carbocycles. The molecule has 2 rings (SSSR count). The summed E-state index contributed by atoms with van der Waals surface area (Å²) in [5.74, 6) is 1.07. The number of benzene rings is 2. The zero-order chi connectivity index (χ0) is 23.5. The second-order valence-electron chi connectivity index (χ2n) is 7.32. The topological polar surface area (TPSA) is 67.9 Å². The highest BCUT2D eigenvalue weighted by molar-refractivity contribution is 6.36. The number of hydrogen-bond acceptors (Lipinski definition) is 4. The van der Waals surface area contributed by atoms with Gasteiger partial charge in [0.1, 0.15) is 17.5 Å². The summed E-state index contributed by atoms with van der Waals surface area (Å²) in [6.07, 6.45) is 1.54.